The fourth-order valence-corrected chi connectivity index (χ4v) is 3.56. The molecule has 6 N–H and O–H groups in total. The molecule has 1 unspecified atom stereocenters. The topological polar surface area (TPSA) is 132 Å². The standard InChI is InChI=1S/C21H21F2N5O2S.H2O/c1-28(2)31(30)14-8-6-13(7-9-14)27-20-10-19(16(12-26-20)21(24)29)25-11-15-17(22)4-3-5-18(15)23;/h3-10,12H,11H2,1-2H3,(H2,24,29)(H2,25,26,27);1H2. The van der Waals surface area contributed by atoms with Gasteiger partial charge in [-0.25, -0.2) is 22.3 Å². The molecule has 0 fully saturated rings. The van der Waals surface area contributed by atoms with Crippen molar-refractivity contribution in [3.63, 3.8) is 0 Å². The second-order valence-corrected chi connectivity index (χ2v) is 8.44. The van der Waals surface area contributed by atoms with Gasteiger partial charge in [-0.3, -0.25) is 4.79 Å². The van der Waals surface area contributed by atoms with Gasteiger partial charge in [0.1, 0.15) is 28.4 Å². The molecular weight excluding hydrogens is 440 g/mol. The summed E-state index contributed by atoms with van der Waals surface area (Å²) in [5, 5.41) is 5.91. The van der Waals surface area contributed by atoms with E-state index in [-0.39, 0.29) is 28.8 Å². The van der Waals surface area contributed by atoms with Gasteiger partial charge in [-0.05, 0) is 50.5 Å². The smallest absolute Gasteiger partial charge is 0.252 e. The van der Waals surface area contributed by atoms with Crippen molar-refractivity contribution in [2.75, 3.05) is 24.7 Å². The summed E-state index contributed by atoms with van der Waals surface area (Å²) in [5.74, 6) is -1.75. The summed E-state index contributed by atoms with van der Waals surface area (Å²) < 4.78 is 41.5. The number of amides is 1. The molecule has 1 atom stereocenters. The molecule has 0 aliphatic rings. The van der Waals surface area contributed by atoms with Crippen LogP contribution in [0.5, 0.6) is 0 Å². The lowest BCUT2D eigenvalue weighted by molar-refractivity contribution is 0.100. The van der Waals surface area contributed by atoms with Crippen LogP contribution in [0.15, 0.2) is 59.6 Å². The van der Waals surface area contributed by atoms with Gasteiger partial charge in [0.25, 0.3) is 5.91 Å². The number of carbonyl (C=O) groups excluding carboxylic acids is 1. The van der Waals surface area contributed by atoms with E-state index in [4.69, 9.17) is 5.73 Å². The van der Waals surface area contributed by atoms with Crippen LogP contribution in [0.25, 0.3) is 0 Å². The highest BCUT2D eigenvalue weighted by Gasteiger charge is 2.14. The maximum absolute atomic E-state index is 13.9. The van der Waals surface area contributed by atoms with Crippen molar-refractivity contribution in [1.82, 2.24) is 9.29 Å². The zero-order valence-electron chi connectivity index (χ0n) is 17.4. The van der Waals surface area contributed by atoms with Crippen LogP contribution in [0.4, 0.5) is 26.0 Å². The zero-order chi connectivity index (χ0) is 22.5. The summed E-state index contributed by atoms with van der Waals surface area (Å²) in [6.07, 6.45) is 1.28. The van der Waals surface area contributed by atoms with Gasteiger partial charge in [-0.15, -0.1) is 0 Å². The van der Waals surface area contributed by atoms with Crippen LogP contribution in [0, 0.1) is 11.6 Å². The number of nitrogens with two attached hydrogens (primary N) is 1. The molecule has 32 heavy (non-hydrogen) atoms. The van der Waals surface area contributed by atoms with Gasteiger partial charge < -0.3 is 21.8 Å². The third-order valence-electron chi connectivity index (χ3n) is 4.35. The highest BCUT2D eigenvalue weighted by Crippen LogP contribution is 2.24. The molecule has 1 aromatic heterocycles. The van der Waals surface area contributed by atoms with Gasteiger partial charge in [0.05, 0.1) is 16.1 Å². The normalized spacial score (nSPS) is 11.5. The van der Waals surface area contributed by atoms with Gasteiger partial charge in [-0.1, -0.05) is 6.07 Å². The van der Waals surface area contributed by atoms with E-state index in [1.54, 1.807) is 42.7 Å². The van der Waals surface area contributed by atoms with Crippen molar-refractivity contribution in [1.29, 1.82) is 0 Å². The molecular formula is C21H23F2N5O3S. The molecule has 1 amide bonds. The number of pyridine rings is 1. The Morgan fingerprint density at radius 3 is 2.31 bits per heavy atom. The van der Waals surface area contributed by atoms with E-state index in [0.717, 1.165) is 12.1 Å². The molecule has 170 valence electrons. The van der Waals surface area contributed by atoms with Crippen LogP contribution >= 0.6 is 0 Å². The van der Waals surface area contributed by atoms with Crippen molar-refractivity contribution in [2.45, 2.75) is 11.4 Å². The number of carbonyl (C=O) groups is 1. The molecule has 8 nitrogen and oxygen atoms in total. The second-order valence-electron chi connectivity index (χ2n) is 6.74. The van der Waals surface area contributed by atoms with Crippen LogP contribution < -0.4 is 16.4 Å². The Morgan fingerprint density at radius 2 is 1.75 bits per heavy atom. The number of halogens is 2. The number of hydrogen-bond acceptors (Lipinski definition) is 5. The molecule has 3 rings (SSSR count). The Hall–Kier alpha value is -3.41. The summed E-state index contributed by atoms with van der Waals surface area (Å²) >= 11 is 0. The summed E-state index contributed by atoms with van der Waals surface area (Å²) in [6, 6.07) is 12.0. The van der Waals surface area contributed by atoms with Crippen molar-refractivity contribution < 1.29 is 23.3 Å². The first kappa shape index (κ1) is 24.9. The van der Waals surface area contributed by atoms with Crippen LogP contribution in [0.3, 0.4) is 0 Å². The lowest BCUT2D eigenvalue weighted by atomic mass is 10.1. The van der Waals surface area contributed by atoms with E-state index in [0.29, 0.717) is 16.4 Å². The van der Waals surface area contributed by atoms with E-state index in [1.165, 1.54) is 18.3 Å². The lowest BCUT2D eigenvalue weighted by Crippen LogP contribution is -2.16. The molecule has 1 heterocycles. The molecule has 0 saturated carbocycles. The Kier molecular flexibility index (Phi) is 8.35. The molecule has 0 radical (unpaired) electrons. The van der Waals surface area contributed by atoms with Gasteiger partial charge in [0.15, 0.2) is 0 Å². The van der Waals surface area contributed by atoms with Crippen molar-refractivity contribution in [3.05, 3.63) is 77.5 Å². The predicted molar refractivity (Wildman–Crippen MR) is 120 cm³/mol. The van der Waals surface area contributed by atoms with Crippen molar-refractivity contribution >= 4 is 34.1 Å². The Balaban J connectivity index is 0.00000363. The molecule has 0 saturated heterocycles. The van der Waals surface area contributed by atoms with Gasteiger partial charge in [0.2, 0.25) is 0 Å². The third-order valence-corrected chi connectivity index (χ3v) is 5.69. The monoisotopic (exact) mass is 463 g/mol. The first-order chi connectivity index (χ1) is 14.8. The number of rotatable bonds is 8. The highest BCUT2D eigenvalue weighted by molar-refractivity contribution is 7.82. The average molecular weight is 464 g/mol. The van der Waals surface area contributed by atoms with Crippen LogP contribution in [-0.2, 0) is 17.5 Å². The third kappa shape index (κ3) is 5.84. The van der Waals surface area contributed by atoms with Crippen LogP contribution in [0.2, 0.25) is 0 Å². The van der Waals surface area contributed by atoms with Gasteiger partial charge in [0, 0.05) is 30.1 Å². The molecule has 0 spiro atoms. The second kappa shape index (κ2) is 10.8. The maximum Gasteiger partial charge on any atom is 0.252 e. The summed E-state index contributed by atoms with van der Waals surface area (Å²) in [7, 11) is 2.17. The fourth-order valence-electron chi connectivity index (χ4n) is 2.76. The number of anilines is 3. The van der Waals surface area contributed by atoms with E-state index in [1.807, 2.05) is 0 Å². The Bertz CT molecular complexity index is 1110. The zero-order valence-corrected chi connectivity index (χ0v) is 18.2. The fraction of sp³-hybridized carbons (Fsp3) is 0.143. The Labute approximate surface area is 186 Å². The molecule has 2 aromatic carbocycles. The van der Waals surface area contributed by atoms with Crippen molar-refractivity contribution in [2.24, 2.45) is 5.73 Å². The predicted octanol–water partition coefficient (Wildman–Crippen LogP) is 2.57. The van der Waals surface area contributed by atoms with E-state index >= 15 is 0 Å². The quantitative estimate of drug-likeness (QED) is 0.472. The van der Waals surface area contributed by atoms with E-state index in [9.17, 15) is 17.8 Å². The average Bonchev–Trinajstić information content (AvgIpc) is 2.73. The lowest BCUT2D eigenvalue weighted by Gasteiger charge is -2.14. The Morgan fingerprint density at radius 1 is 1.12 bits per heavy atom. The van der Waals surface area contributed by atoms with Gasteiger partial charge in [-0.2, -0.15) is 0 Å². The van der Waals surface area contributed by atoms with Gasteiger partial charge >= 0.3 is 0 Å². The van der Waals surface area contributed by atoms with E-state index in [2.05, 4.69) is 15.6 Å². The molecule has 0 bridgehead atoms. The molecule has 0 aliphatic carbocycles. The highest BCUT2D eigenvalue weighted by atomic mass is 32.2. The maximum atomic E-state index is 13.9. The number of nitrogens with zero attached hydrogens (tertiary/aromatic N) is 2. The van der Waals surface area contributed by atoms with Crippen LogP contribution in [-0.4, -0.2) is 39.0 Å². The first-order valence-electron chi connectivity index (χ1n) is 9.19. The molecule has 11 heteroatoms. The van der Waals surface area contributed by atoms with Crippen molar-refractivity contribution in [3.8, 4) is 0 Å². The summed E-state index contributed by atoms with van der Waals surface area (Å²) in [4.78, 5) is 16.5. The largest absolute Gasteiger partial charge is 0.412 e. The minimum atomic E-state index is -1.26. The van der Waals surface area contributed by atoms with E-state index < -0.39 is 28.5 Å². The number of nitrogens with one attached hydrogen (secondary N) is 2. The minimum Gasteiger partial charge on any atom is -0.412 e. The first-order valence-corrected chi connectivity index (χ1v) is 10.3. The molecule has 0 aliphatic heterocycles. The summed E-state index contributed by atoms with van der Waals surface area (Å²) in [6.45, 7) is -0.187. The number of aromatic nitrogens is 1. The number of benzene rings is 2. The SMILES string of the molecule is CN(C)S(=O)c1ccc(Nc2cc(NCc3c(F)cccc3F)c(C(N)=O)cn2)cc1.O. The summed E-state index contributed by atoms with van der Waals surface area (Å²) in [5.41, 5.74) is 6.27. The van der Waals surface area contributed by atoms with Crippen LogP contribution in [0.1, 0.15) is 15.9 Å². The molecule has 3 aromatic rings. The minimum absolute atomic E-state index is 0. The number of hydrogen-bond donors (Lipinski definition) is 3. The number of primary amides is 1.